The summed E-state index contributed by atoms with van der Waals surface area (Å²) < 4.78 is 5.17. The lowest BCUT2D eigenvalue weighted by molar-refractivity contribution is -0.140. The van der Waals surface area contributed by atoms with Gasteiger partial charge in [-0.05, 0) is 55.5 Å². The van der Waals surface area contributed by atoms with Gasteiger partial charge in [-0.15, -0.1) is 0 Å². The van der Waals surface area contributed by atoms with Crippen molar-refractivity contribution in [3.8, 4) is 5.75 Å². The fourth-order valence-electron chi connectivity index (χ4n) is 3.86. The maximum Gasteiger partial charge on any atom is 0.227 e. The number of aryl methyl sites for hydroxylation is 1. The minimum absolute atomic E-state index is 0.0164. The predicted octanol–water partition coefficient (Wildman–Crippen LogP) is 3.49. The van der Waals surface area contributed by atoms with Gasteiger partial charge in [-0.1, -0.05) is 36.4 Å². The number of methoxy groups -OCH3 is 1. The second-order valence-electron chi connectivity index (χ2n) is 8.11. The van der Waals surface area contributed by atoms with Gasteiger partial charge in [0.15, 0.2) is 0 Å². The van der Waals surface area contributed by atoms with Gasteiger partial charge in [0.1, 0.15) is 5.75 Å². The number of nitrogens with one attached hydrogen (secondary N) is 1. The number of carbonyl (C=O) groups is 2. The minimum Gasteiger partial charge on any atom is -0.497 e. The van der Waals surface area contributed by atoms with Gasteiger partial charge in [-0.2, -0.15) is 0 Å². The Hall–Kier alpha value is -2.82. The number of nitrogens with zero attached hydrogens (tertiary/aromatic N) is 1. The first-order valence-corrected chi connectivity index (χ1v) is 10.1. The second kappa shape index (κ2) is 9.12. The number of hydrogen-bond donors (Lipinski definition) is 1. The van der Waals surface area contributed by atoms with E-state index in [0.717, 1.165) is 35.3 Å². The van der Waals surface area contributed by atoms with Crippen LogP contribution in [0.5, 0.6) is 5.75 Å². The summed E-state index contributed by atoms with van der Waals surface area (Å²) in [5.41, 5.74) is 2.67. The normalized spacial score (nSPS) is 18.9. The number of hydrogen-bond acceptors (Lipinski definition) is 3. The molecule has 1 N–H and O–H groups in total. The summed E-state index contributed by atoms with van der Waals surface area (Å²) in [6.07, 6.45) is 1.96. The van der Waals surface area contributed by atoms with E-state index in [4.69, 9.17) is 4.74 Å². The summed E-state index contributed by atoms with van der Waals surface area (Å²) in [4.78, 5) is 27.6. The molecule has 1 aliphatic rings. The molecule has 154 valence electrons. The zero-order valence-corrected chi connectivity index (χ0v) is 17.5. The lowest BCUT2D eigenvalue weighted by Gasteiger charge is -2.39. The molecule has 1 heterocycles. The minimum atomic E-state index is -0.559. The fraction of sp³-hybridized carbons (Fsp3) is 0.417. The van der Waals surface area contributed by atoms with Gasteiger partial charge in [-0.25, -0.2) is 0 Å². The van der Waals surface area contributed by atoms with E-state index in [-0.39, 0.29) is 11.8 Å². The van der Waals surface area contributed by atoms with E-state index in [1.54, 1.807) is 7.11 Å². The van der Waals surface area contributed by atoms with E-state index < -0.39 is 5.41 Å². The van der Waals surface area contributed by atoms with Gasteiger partial charge in [0, 0.05) is 19.6 Å². The standard InChI is InChI=1S/C24H30N2O3/c1-18-7-4-5-8-20(18)16-25-23(28)24(2)13-6-14-26(17-24)22(27)15-19-9-11-21(29-3)12-10-19/h4-5,7-12H,6,13-17H2,1-3H3,(H,25,28)/t24-/m1/s1. The molecule has 1 aliphatic heterocycles. The number of rotatable bonds is 6. The van der Waals surface area contributed by atoms with Gasteiger partial charge in [-0.3, -0.25) is 9.59 Å². The van der Waals surface area contributed by atoms with Crippen LogP contribution in [-0.4, -0.2) is 36.9 Å². The zero-order valence-electron chi connectivity index (χ0n) is 17.5. The quantitative estimate of drug-likeness (QED) is 0.816. The number of carbonyl (C=O) groups excluding carboxylic acids is 2. The van der Waals surface area contributed by atoms with Crippen LogP contribution in [0, 0.1) is 12.3 Å². The highest BCUT2D eigenvalue weighted by Crippen LogP contribution is 2.30. The monoisotopic (exact) mass is 394 g/mol. The van der Waals surface area contributed by atoms with Gasteiger partial charge in [0.05, 0.1) is 18.9 Å². The van der Waals surface area contributed by atoms with Crippen molar-refractivity contribution in [3.63, 3.8) is 0 Å². The van der Waals surface area contributed by atoms with Crippen LogP contribution < -0.4 is 10.1 Å². The lowest BCUT2D eigenvalue weighted by Crippen LogP contribution is -2.52. The number of benzene rings is 2. The summed E-state index contributed by atoms with van der Waals surface area (Å²) in [5, 5.41) is 3.08. The highest BCUT2D eigenvalue weighted by Gasteiger charge is 2.39. The first-order valence-electron chi connectivity index (χ1n) is 10.1. The third-order valence-corrected chi connectivity index (χ3v) is 5.81. The number of ether oxygens (including phenoxy) is 1. The SMILES string of the molecule is COc1ccc(CC(=O)N2CCC[C@@](C)(C(=O)NCc3ccccc3C)C2)cc1. The summed E-state index contributed by atoms with van der Waals surface area (Å²) >= 11 is 0. The van der Waals surface area contributed by atoms with Crippen molar-refractivity contribution in [1.82, 2.24) is 10.2 Å². The molecule has 5 nitrogen and oxygen atoms in total. The summed E-state index contributed by atoms with van der Waals surface area (Å²) in [7, 11) is 1.62. The molecule has 1 saturated heterocycles. The van der Waals surface area contributed by atoms with Crippen LogP contribution in [-0.2, 0) is 22.6 Å². The Morgan fingerprint density at radius 2 is 1.86 bits per heavy atom. The summed E-state index contributed by atoms with van der Waals surface area (Å²) in [6, 6.07) is 15.6. The highest BCUT2D eigenvalue weighted by atomic mass is 16.5. The molecule has 1 atom stereocenters. The molecule has 0 bridgehead atoms. The van der Waals surface area contributed by atoms with Crippen molar-refractivity contribution in [3.05, 3.63) is 65.2 Å². The van der Waals surface area contributed by atoms with Crippen molar-refractivity contribution >= 4 is 11.8 Å². The molecule has 0 spiro atoms. The average molecular weight is 395 g/mol. The van der Waals surface area contributed by atoms with E-state index in [0.29, 0.717) is 26.1 Å². The molecule has 0 aromatic heterocycles. The molecule has 3 rings (SSSR count). The zero-order chi connectivity index (χ0) is 20.9. The molecule has 2 amide bonds. The largest absolute Gasteiger partial charge is 0.497 e. The van der Waals surface area contributed by atoms with Gasteiger partial charge < -0.3 is 15.0 Å². The highest BCUT2D eigenvalue weighted by molar-refractivity contribution is 5.84. The molecule has 29 heavy (non-hydrogen) atoms. The Kier molecular flexibility index (Phi) is 6.57. The average Bonchev–Trinajstić information content (AvgIpc) is 2.73. The Morgan fingerprint density at radius 3 is 2.55 bits per heavy atom. The third-order valence-electron chi connectivity index (χ3n) is 5.81. The van der Waals surface area contributed by atoms with Crippen LogP contribution in [0.3, 0.4) is 0 Å². The topological polar surface area (TPSA) is 58.6 Å². The van der Waals surface area contributed by atoms with Crippen LogP contribution >= 0.6 is 0 Å². The van der Waals surface area contributed by atoms with Crippen molar-refractivity contribution < 1.29 is 14.3 Å². The Morgan fingerprint density at radius 1 is 1.14 bits per heavy atom. The van der Waals surface area contributed by atoms with Crippen molar-refractivity contribution in [2.45, 2.75) is 39.7 Å². The maximum absolute atomic E-state index is 12.9. The molecule has 2 aromatic rings. The molecule has 2 aromatic carbocycles. The molecule has 0 unspecified atom stereocenters. The molecular weight excluding hydrogens is 364 g/mol. The van der Waals surface area contributed by atoms with Crippen LogP contribution in [0.1, 0.15) is 36.5 Å². The van der Waals surface area contributed by atoms with Crippen LogP contribution in [0.15, 0.2) is 48.5 Å². The Bertz CT molecular complexity index is 863. The fourth-order valence-corrected chi connectivity index (χ4v) is 3.86. The summed E-state index contributed by atoms with van der Waals surface area (Å²) in [5.74, 6) is 0.854. The van der Waals surface area contributed by atoms with Crippen LogP contribution in [0.4, 0.5) is 0 Å². The van der Waals surface area contributed by atoms with Crippen molar-refractivity contribution in [1.29, 1.82) is 0 Å². The van der Waals surface area contributed by atoms with Crippen LogP contribution in [0.25, 0.3) is 0 Å². The van der Waals surface area contributed by atoms with Crippen LogP contribution in [0.2, 0.25) is 0 Å². The van der Waals surface area contributed by atoms with E-state index >= 15 is 0 Å². The summed E-state index contributed by atoms with van der Waals surface area (Å²) in [6.45, 7) is 5.69. The van der Waals surface area contributed by atoms with E-state index in [9.17, 15) is 9.59 Å². The van der Waals surface area contributed by atoms with Crippen molar-refractivity contribution in [2.24, 2.45) is 5.41 Å². The van der Waals surface area contributed by atoms with E-state index in [1.165, 1.54) is 0 Å². The van der Waals surface area contributed by atoms with Gasteiger partial charge in [0.2, 0.25) is 11.8 Å². The maximum atomic E-state index is 12.9. The predicted molar refractivity (Wildman–Crippen MR) is 114 cm³/mol. The first kappa shape index (κ1) is 20.9. The van der Waals surface area contributed by atoms with E-state index in [1.807, 2.05) is 67.3 Å². The molecule has 5 heteroatoms. The lowest BCUT2D eigenvalue weighted by atomic mass is 9.80. The molecule has 1 fully saturated rings. The number of piperidine rings is 1. The Balaban J connectivity index is 1.59. The first-order chi connectivity index (χ1) is 13.9. The smallest absolute Gasteiger partial charge is 0.227 e. The molecule has 0 aliphatic carbocycles. The molecular formula is C24H30N2O3. The number of likely N-dealkylation sites (tertiary alicyclic amines) is 1. The second-order valence-corrected chi connectivity index (χ2v) is 8.11. The van der Waals surface area contributed by atoms with E-state index in [2.05, 4.69) is 5.32 Å². The van der Waals surface area contributed by atoms with Gasteiger partial charge in [0.25, 0.3) is 0 Å². The Labute approximate surface area is 173 Å². The number of amides is 2. The van der Waals surface area contributed by atoms with Crippen molar-refractivity contribution in [2.75, 3.05) is 20.2 Å². The molecule has 0 saturated carbocycles. The molecule has 0 radical (unpaired) electrons. The third kappa shape index (κ3) is 5.17. The van der Waals surface area contributed by atoms with Gasteiger partial charge >= 0.3 is 0 Å².